The van der Waals surface area contributed by atoms with E-state index < -0.39 is 15.5 Å². The number of nitro benzene ring substituents is 2. The first-order chi connectivity index (χ1) is 12.4. The number of nitrogens with zero attached hydrogens (tertiary/aromatic N) is 3. The lowest BCUT2D eigenvalue weighted by Gasteiger charge is -2.12. The van der Waals surface area contributed by atoms with Crippen LogP contribution < -0.4 is 5.43 Å². The Balaban J connectivity index is 2.16. The van der Waals surface area contributed by atoms with E-state index in [-0.39, 0.29) is 17.3 Å². The number of allylic oxidation sites excluding steroid dienone is 1. The lowest BCUT2D eigenvalue weighted by molar-refractivity contribution is -0.393. The average molecular weight is 354 g/mol. The van der Waals surface area contributed by atoms with E-state index in [1.165, 1.54) is 12.1 Å². The van der Waals surface area contributed by atoms with E-state index in [0.29, 0.717) is 12.1 Å². The van der Waals surface area contributed by atoms with Gasteiger partial charge in [0.2, 0.25) is 0 Å². The van der Waals surface area contributed by atoms with Crippen LogP contribution in [-0.4, -0.2) is 15.6 Å². The molecule has 2 aromatic carbocycles. The zero-order valence-corrected chi connectivity index (χ0v) is 14.2. The van der Waals surface area contributed by atoms with Crippen LogP contribution in [0.15, 0.2) is 66.3 Å². The second-order valence-corrected chi connectivity index (χ2v) is 5.63. The van der Waals surface area contributed by atoms with E-state index in [1.807, 2.05) is 36.4 Å². The summed E-state index contributed by atoms with van der Waals surface area (Å²) in [5.74, 6) is 0.0635. The minimum absolute atomic E-state index is 0.0635. The molecular weight excluding hydrogens is 336 g/mol. The van der Waals surface area contributed by atoms with Crippen LogP contribution in [0.3, 0.4) is 0 Å². The van der Waals surface area contributed by atoms with E-state index >= 15 is 0 Å². The second kappa shape index (κ2) is 8.52. The van der Waals surface area contributed by atoms with Crippen molar-refractivity contribution in [2.24, 2.45) is 5.10 Å². The zero-order valence-electron chi connectivity index (χ0n) is 14.2. The van der Waals surface area contributed by atoms with Crippen LogP contribution in [0.5, 0.6) is 0 Å². The maximum absolute atomic E-state index is 11.1. The van der Waals surface area contributed by atoms with Gasteiger partial charge >= 0.3 is 5.69 Å². The summed E-state index contributed by atoms with van der Waals surface area (Å²) in [5, 5.41) is 26.1. The van der Waals surface area contributed by atoms with Gasteiger partial charge in [-0.2, -0.15) is 5.10 Å². The van der Waals surface area contributed by atoms with Crippen molar-refractivity contribution in [3.63, 3.8) is 0 Å². The van der Waals surface area contributed by atoms with Crippen LogP contribution in [0.1, 0.15) is 24.8 Å². The Bertz CT molecular complexity index is 850. The maximum Gasteiger partial charge on any atom is 0.301 e. The molecule has 0 bridgehead atoms. The van der Waals surface area contributed by atoms with E-state index in [1.54, 1.807) is 6.92 Å². The Hall–Kier alpha value is -3.55. The molecule has 0 aliphatic carbocycles. The standard InChI is InChI=1S/C18H18N4O4/c1-3-14(15-7-5-4-6-8-15)11-13(2)19-20-17-10-9-16(21(23)24)12-18(17)22(25)26/h3-10,12,14,20H,1,11H2,2H3/b19-13-/t14-/m0/s1. The molecule has 1 N–H and O–H groups in total. The maximum atomic E-state index is 11.1. The van der Waals surface area contributed by atoms with Crippen molar-refractivity contribution in [1.29, 1.82) is 0 Å². The summed E-state index contributed by atoms with van der Waals surface area (Å²) in [5.41, 5.74) is 3.78. The molecule has 0 unspecified atom stereocenters. The van der Waals surface area contributed by atoms with Gasteiger partial charge in [-0.05, 0) is 25.0 Å². The highest BCUT2D eigenvalue weighted by Crippen LogP contribution is 2.29. The van der Waals surface area contributed by atoms with Gasteiger partial charge in [0.15, 0.2) is 0 Å². The first-order valence-electron chi connectivity index (χ1n) is 7.82. The molecule has 0 heterocycles. The molecule has 134 valence electrons. The fraction of sp³-hybridized carbons (Fsp3) is 0.167. The monoisotopic (exact) mass is 354 g/mol. The first-order valence-corrected chi connectivity index (χ1v) is 7.82. The van der Waals surface area contributed by atoms with E-state index in [0.717, 1.165) is 11.6 Å². The van der Waals surface area contributed by atoms with E-state index in [2.05, 4.69) is 17.1 Å². The number of nitrogens with one attached hydrogen (secondary N) is 1. The topological polar surface area (TPSA) is 111 Å². The lowest BCUT2D eigenvalue weighted by Crippen LogP contribution is -2.05. The molecular formula is C18H18N4O4. The molecule has 1 atom stereocenters. The molecule has 26 heavy (non-hydrogen) atoms. The van der Waals surface area contributed by atoms with Crippen molar-refractivity contribution in [1.82, 2.24) is 0 Å². The Morgan fingerprint density at radius 2 is 1.88 bits per heavy atom. The van der Waals surface area contributed by atoms with Crippen molar-refractivity contribution in [2.75, 3.05) is 5.43 Å². The van der Waals surface area contributed by atoms with Gasteiger partial charge in [-0.3, -0.25) is 25.7 Å². The summed E-state index contributed by atoms with van der Waals surface area (Å²) in [7, 11) is 0. The third-order valence-corrected chi connectivity index (χ3v) is 3.78. The normalized spacial score (nSPS) is 12.3. The van der Waals surface area contributed by atoms with Crippen molar-refractivity contribution in [2.45, 2.75) is 19.3 Å². The van der Waals surface area contributed by atoms with Crippen molar-refractivity contribution in [3.05, 3.63) is 87.0 Å². The third-order valence-electron chi connectivity index (χ3n) is 3.78. The highest BCUT2D eigenvalue weighted by molar-refractivity contribution is 5.84. The van der Waals surface area contributed by atoms with Crippen molar-refractivity contribution < 1.29 is 9.85 Å². The molecule has 0 aliphatic heterocycles. The van der Waals surface area contributed by atoms with Gasteiger partial charge in [0.05, 0.1) is 15.9 Å². The highest BCUT2D eigenvalue weighted by Gasteiger charge is 2.19. The number of nitro groups is 2. The van der Waals surface area contributed by atoms with Gasteiger partial charge < -0.3 is 0 Å². The highest BCUT2D eigenvalue weighted by atomic mass is 16.6. The number of hydrazone groups is 1. The summed E-state index contributed by atoms with van der Waals surface area (Å²) < 4.78 is 0. The molecule has 0 fully saturated rings. The average Bonchev–Trinajstić information content (AvgIpc) is 2.64. The van der Waals surface area contributed by atoms with Gasteiger partial charge in [0.25, 0.3) is 5.69 Å². The Morgan fingerprint density at radius 1 is 1.19 bits per heavy atom. The van der Waals surface area contributed by atoms with Crippen LogP contribution in [0, 0.1) is 20.2 Å². The predicted molar refractivity (Wildman–Crippen MR) is 100 cm³/mol. The molecule has 0 amide bonds. The van der Waals surface area contributed by atoms with Crippen LogP contribution in [0.25, 0.3) is 0 Å². The number of non-ortho nitro benzene ring substituents is 1. The lowest BCUT2D eigenvalue weighted by atomic mass is 9.94. The number of anilines is 1. The van der Waals surface area contributed by atoms with Crippen molar-refractivity contribution >= 4 is 22.8 Å². The number of hydrogen-bond donors (Lipinski definition) is 1. The Morgan fingerprint density at radius 3 is 2.46 bits per heavy atom. The second-order valence-electron chi connectivity index (χ2n) is 5.63. The molecule has 0 saturated carbocycles. The van der Waals surface area contributed by atoms with Crippen molar-refractivity contribution in [3.8, 4) is 0 Å². The molecule has 0 radical (unpaired) electrons. The molecule has 8 nitrogen and oxygen atoms in total. The van der Waals surface area contributed by atoms with Crippen LogP contribution >= 0.6 is 0 Å². The fourth-order valence-corrected chi connectivity index (χ4v) is 2.44. The molecule has 0 aromatic heterocycles. The molecule has 0 aliphatic rings. The van der Waals surface area contributed by atoms with E-state index in [9.17, 15) is 20.2 Å². The molecule has 0 saturated heterocycles. The predicted octanol–water partition coefficient (Wildman–Crippen LogP) is 4.65. The van der Waals surface area contributed by atoms with Crippen LogP contribution in [0.4, 0.5) is 17.1 Å². The largest absolute Gasteiger partial charge is 0.301 e. The summed E-state index contributed by atoms with van der Waals surface area (Å²) >= 11 is 0. The SMILES string of the molecule is C=C[C@@H](C/C(C)=N\Nc1ccc([N+](=O)[O-])cc1[N+](=O)[O-])c1ccccc1. The summed E-state index contributed by atoms with van der Waals surface area (Å²) in [6.07, 6.45) is 2.41. The summed E-state index contributed by atoms with van der Waals surface area (Å²) in [6, 6.07) is 13.2. The molecule has 2 aromatic rings. The summed E-state index contributed by atoms with van der Waals surface area (Å²) in [6.45, 7) is 5.64. The van der Waals surface area contributed by atoms with Crippen LogP contribution in [0.2, 0.25) is 0 Å². The Labute approximate surface area is 150 Å². The van der Waals surface area contributed by atoms with E-state index in [4.69, 9.17) is 0 Å². The van der Waals surface area contributed by atoms with Gasteiger partial charge in [-0.25, -0.2) is 0 Å². The van der Waals surface area contributed by atoms with Gasteiger partial charge in [0, 0.05) is 17.7 Å². The zero-order chi connectivity index (χ0) is 19.1. The van der Waals surface area contributed by atoms with Crippen LogP contribution in [-0.2, 0) is 0 Å². The number of hydrogen-bond acceptors (Lipinski definition) is 6. The first kappa shape index (κ1) is 18.8. The quantitative estimate of drug-likeness (QED) is 0.321. The van der Waals surface area contributed by atoms with Gasteiger partial charge in [0.1, 0.15) is 5.69 Å². The summed E-state index contributed by atoms with van der Waals surface area (Å²) in [4.78, 5) is 20.5. The number of benzene rings is 2. The Kier molecular flexibility index (Phi) is 6.15. The molecule has 2 rings (SSSR count). The molecule has 0 spiro atoms. The number of rotatable bonds is 8. The smallest absolute Gasteiger partial charge is 0.272 e. The molecule has 8 heteroatoms. The fourth-order valence-electron chi connectivity index (χ4n) is 2.44. The minimum atomic E-state index is -0.684. The van der Waals surface area contributed by atoms with Gasteiger partial charge in [-0.15, -0.1) is 6.58 Å². The van der Waals surface area contributed by atoms with Gasteiger partial charge in [-0.1, -0.05) is 36.4 Å². The minimum Gasteiger partial charge on any atom is -0.272 e. The third kappa shape index (κ3) is 4.73.